The van der Waals surface area contributed by atoms with Gasteiger partial charge in [0.25, 0.3) is 11.8 Å². The standard InChI is InChI=1S/C21H21FN4O2/c22-18-9-4-8-17(14-18)21(27)26-11-5-10-25(12-13-26)15-19-23-20(28-24-19)16-6-2-1-3-7-16/h1-4,6-9,14H,5,10-13,15H2. The zero-order valence-corrected chi connectivity index (χ0v) is 15.4. The molecule has 7 heteroatoms. The Labute approximate surface area is 162 Å². The van der Waals surface area contributed by atoms with Crippen LogP contribution in [0.15, 0.2) is 59.1 Å². The fourth-order valence-electron chi connectivity index (χ4n) is 3.35. The summed E-state index contributed by atoms with van der Waals surface area (Å²) in [6.07, 6.45) is 0.838. The summed E-state index contributed by atoms with van der Waals surface area (Å²) in [5.41, 5.74) is 1.28. The summed E-state index contributed by atoms with van der Waals surface area (Å²) in [7, 11) is 0. The average Bonchev–Trinajstić information content (AvgIpc) is 3.06. The van der Waals surface area contributed by atoms with Crippen molar-refractivity contribution in [1.29, 1.82) is 0 Å². The van der Waals surface area contributed by atoms with Gasteiger partial charge in [-0.3, -0.25) is 9.69 Å². The monoisotopic (exact) mass is 380 g/mol. The van der Waals surface area contributed by atoms with Gasteiger partial charge in [-0.1, -0.05) is 29.4 Å². The number of aromatic nitrogens is 2. The highest BCUT2D eigenvalue weighted by Gasteiger charge is 2.21. The third-order valence-corrected chi connectivity index (χ3v) is 4.80. The molecule has 28 heavy (non-hydrogen) atoms. The largest absolute Gasteiger partial charge is 0.337 e. The second-order valence-electron chi connectivity index (χ2n) is 6.81. The van der Waals surface area contributed by atoms with E-state index in [0.29, 0.717) is 43.5 Å². The molecule has 1 amide bonds. The van der Waals surface area contributed by atoms with Gasteiger partial charge in [0.1, 0.15) is 5.82 Å². The van der Waals surface area contributed by atoms with Gasteiger partial charge in [0.05, 0.1) is 6.54 Å². The zero-order valence-electron chi connectivity index (χ0n) is 15.4. The molecule has 6 nitrogen and oxygen atoms in total. The number of rotatable bonds is 4. The Morgan fingerprint density at radius 2 is 1.89 bits per heavy atom. The van der Waals surface area contributed by atoms with E-state index in [-0.39, 0.29) is 5.91 Å². The van der Waals surface area contributed by atoms with Crippen molar-refractivity contribution in [1.82, 2.24) is 19.9 Å². The van der Waals surface area contributed by atoms with E-state index in [4.69, 9.17) is 4.52 Å². The van der Waals surface area contributed by atoms with Crippen molar-refractivity contribution in [3.05, 3.63) is 71.8 Å². The minimum Gasteiger partial charge on any atom is -0.337 e. The van der Waals surface area contributed by atoms with Gasteiger partial charge in [0.15, 0.2) is 5.82 Å². The molecular weight excluding hydrogens is 359 g/mol. The number of hydrogen-bond donors (Lipinski definition) is 0. The fraction of sp³-hybridized carbons (Fsp3) is 0.286. The first-order valence-corrected chi connectivity index (χ1v) is 9.34. The summed E-state index contributed by atoms with van der Waals surface area (Å²) in [4.78, 5) is 21.1. The lowest BCUT2D eigenvalue weighted by atomic mass is 10.2. The van der Waals surface area contributed by atoms with Gasteiger partial charge < -0.3 is 9.42 Å². The molecule has 2 heterocycles. The number of halogens is 1. The van der Waals surface area contributed by atoms with E-state index < -0.39 is 5.82 Å². The number of hydrogen-bond acceptors (Lipinski definition) is 5. The maximum atomic E-state index is 13.4. The van der Waals surface area contributed by atoms with Crippen molar-refractivity contribution in [3.63, 3.8) is 0 Å². The van der Waals surface area contributed by atoms with E-state index >= 15 is 0 Å². The van der Waals surface area contributed by atoms with Crippen molar-refractivity contribution in [2.45, 2.75) is 13.0 Å². The molecule has 3 aromatic rings. The van der Waals surface area contributed by atoms with Gasteiger partial charge in [-0.05, 0) is 36.8 Å². The van der Waals surface area contributed by atoms with Crippen molar-refractivity contribution in [3.8, 4) is 11.5 Å². The van der Waals surface area contributed by atoms with Gasteiger partial charge >= 0.3 is 0 Å². The molecule has 0 spiro atoms. The Morgan fingerprint density at radius 3 is 2.71 bits per heavy atom. The van der Waals surface area contributed by atoms with Crippen molar-refractivity contribution in [2.24, 2.45) is 0 Å². The lowest BCUT2D eigenvalue weighted by Crippen LogP contribution is -2.35. The Hall–Kier alpha value is -3.06. The minimum atomic E-state index is -0.395. The molecule has 1 aliphatic rings. The van der Waals surface area contributed by atoms with Gasteiger partial charge in [0.2, 0.25) is 0 Å². The maximum absolute atomic E-state index is 13.4. The van der Waals surface area contributed by atoms with E-state index in [9.17, 15) is 9.18 Å². The second kappa shape index (κ2) is 8.31. The topological polar surface area (TPSA) is 62.5 Å². The predicted molar refractivity (Wildman–Crippen MR) is 102 cm³/mol. The highest BCUT2D eigenvalue weighted by Crippen LogP contribution is 2.17. The van der Waals surface area contributed by atoms with Crippen LogP contribution in [0.2, 0.25) is 0 Å². The average molecular weight is 380 g/mol. The molecule has 0 atom stereocenters. The molecular formula is C21H21FN4O2. The number of amides is 1. The third-order valence-electron chi connectivity index (χ3n) is 4.80. The van der Waals surface area contributed by atoms with E-state index in [2.05, 4.69) is 15.0 Å². The summed E-state index contributed by atoms with van der Waals surface area (Å²) in [6.45, 7) is 3.34. The molecule has 1 fully saturated rings. The summed E-state index contributed by atoms with van der Waals surface area (Å²) in [6, 6.07) is 15.5. The Balaban J connectivity index is 1.37. The van der Waals surface area contributed by atoms with Gasteiger partial charge in [-0.25, -0.2) is 4.39 Å². The van der Waals surface area contributed by atoms with Crippen LogP contribution >= 0.6 is 0 Å². The highest BCUT2D eigenvalue weighted by atomic mass is 19.1. The fourth-order valence-corrected chi connectivity index (χ4v) is 3.35. The van der Waals surface area contributed by atoms with Crippen LogP contribution in [0.5, 0.6) is 0 Å². The smallest absolute Gasteiger partial charge is 0.257 e. The van der Waals surface area contributed by atoms with E-state index in [1.807, 2.05) is 30.3 Å². The molecule has 0 aliphatic carbocycles. The van der Waals surface area contributed by atoms with Crippen LogP contribution in [0.25, 0.3) is 11.5 Å². The Morgan fingerprint density at radius 1 is 1.04 bits per heavy atom. The normalized spacial score (nSPS) is 15.4. The van der Waals surface area contributed by atoms with E-state index in [1.165, 1.54) is 12.1 Å². The van der Waals surface area contributed by atoms with Crippen LogP contribution in [-0.2, 0) is 6.54 Å². The van der Waals surface area contributed by atoms with Crippen LogP contribution in [0, 0.1) is 5.82 Å². The highest BCUT2D eigenvalue weighted by molar-refractivity contribution is 5.94. The third kappa shape index (κ3) is 4.26. The molecule has 2 aromatic carbocycles. The molecule has 1 aromatic heterocycles. The lowest BCUT2D eigenvalue weighted by molar-refractivity contribution is 0.0760. The predicted octanol–water partition coefficient (Wildman–Crippen LogP) is 3.22. The van der Waals surface area contributed by atoms with Gasteiger partial charge in [-0.15, -0.1) is 0 Å². The molecule has 0 N–H and O–H groups in total. The van der Waals surface area contributed by atoms with Crippen LogP contribution < -0.4 is 0 Å². The Kier molecular flexibility index (Phi) is 5.43. The van der Waals surface area contributed by atoms with E-state index in [0.717, 1.165) is 18.5 Å². The summed E-state index contributed by atoms with van der Waals surface area (Å²) >= 11 is 0. The molecule has 0 bridgehead atoms. The number of carbonyl (C=O) groups is 1. The molecule has 1 aliphatic heterocycles. The maximum Gasteiger partial charge on any atom is 0.257 e. The molecule has 4 rings (SSSR count). The molecule has 1 saturated heterocycles. The molecule has 144 valence electrons. The summed E-state index contributed by atoms with van der Waals surface area (Å²) in [5.74, 6) is 0.609. The molecule has 0 unspecified atom stereocenters. The van der Waals surface area contributed by atoms with Gasteiger partial charge in [0, 0.05) is 37.3 Å². The molecule has 0 radical (unpaired) electrons. The molecule has 0 saturated carbocycles. The first-order valence-electron chi connectivity index (χ1n) is 9.34. The summed E-state index contributed by atoms with van der Waals surface area (Å²) in [5, 5.41) is 4.08. The number of nitrogens with zero attached hydrogens (tertiary/aromatic N) is 4. The van der Waals surface area contributed by atoms with Crippen LogP contribution in [-0.4, -0.2) is 52.0 Å². The zero-order chi connectivity index (χ0) is 19.3. The van der Waals surface area contributed by atoms with Crippen molar-refractivity contribution < 1.29 is 13.7 Å². The van der Waals surface area contributed by atoms with Crippen molar-refractivity contribution >= 4 is 5.91 Å². The number of carbonyl (C=O) groups excluding carboxylic acids is 1. The SMILES string of the molecule is O=C(c1cccc(F)c1)N1CCCN(Cc2noc(-c3ccccc3)n2)CC1. The van der Waals surface area contributed by atoms with Crippen molar-refractivity contribution in [2.75, 3.05) is 26.2 Å². The second-order valence-corrected chi connectivity index (χ2v) is 6.81. The summed E-state index contributed by atoms with van der Waals surface area (Å²) < 4.78 is 18.8. The van der Waals surface area contributed by atoms with Crippen LogP contribution in [0.1, 0.15) is 22.6 Å². The van der Waals surface area contributed by atoms with Gasteiger partial charge in [-0.2, -0.15) is 4.98 Å². The van der Waals surface area contributed by atoms with Crippen LogP contribution in [0.4, 0.5) is 4.39 Å². The van der Waals surface area contributed by atoms with Crippen LogP contribution in [0.3, 0.4) is 0 Å². The number of benzene rings is 2. The quantitative estimate of drug-likeness (QED) is 0.695. The van der Waals surface area contributed by atoms with E-state index in [1.54, 1.807) is 17.0 Å². The first-order chi connectivity index (χ1) is 13.7. The Bertz CT molecular complexity index is 944. The lowest BCUT2D eigenvalue weighted by Gasteiger charge is -2.21. The first kappa shape index (κ1) is 18.3. The minimum absolute atomic E-state index is 0.132.